The van der Waals surface area contributed by atoms with Gasteiger partial charge in [-0.1, -0.05) is 6.07 Å². The van der Waals surface area contributed by atoms with E-state index in [1.165, 1.54) is 0 Å². The summed E-state index contributed by atoms with van der Waals surface area (Å²) in [5, 5.41) is 14.2. The minimum absolute atomic E-state index is 0.199. The lowest BCUT2D eigenvalue weighted by Crippen LogP contribution is -2.42. The molecule has 28 heavy (non-hydrogen) atoms. The molecule has 1 saturated heterocycles. The molecule has 1 fully saturated rings. The average Bonchev–Trinajstić information content (AvgIpc) is 2.74. The highest BCUT2D eigenvalue weighted by atomic mass is 16.6. The Morgan fingerprint density at radius 1 is 1.21 bits per heavy atom. The van der Waals surface area contributed by atoms with E-state index in [-0.39, 0.29) is 23.7 Å². The molecule has 2 N–H and O–H groups in total. The van der Waals surface area contributed by atoms with Gasteiger partial charge in [-0.3, -0.25) is 9.78 Å². The predicted octanol–water partition coefficient (Wildman–Crippen LogP) is 1.83. The number of likely N-dealkylation sites (tertiary alicyclic amines) is 1. The topological polar surface area (TPSA) is 109 Å². The van der Waals surface area contributed by atoms with E-state index in [2.05, 4.69) is 25.8 Å². The fourth-order valence-electron chi connectivity index (χ4n) is 2.94. The van der Waals surface area contributed by atoms with Crippen molar-refractivity contribution in [1.82, 2.24) is 25.4 Å². The van der Waals surface area contributed by atoms with Crippen LogP contribution in [0.4, 0.5) is 10.6 Å². The predicted molar refractivity (Wildman–Crippen MR) is 103 cm³/mol. The number of pyridine rings is 1. The van der Waals surface area contributed by atoms with Crippen LogP contribution >= 0.6 is 0 Å². The number of ether oxygens (including phenoxy) is 1. The van der Waals surface area contributed by atoms with Crippen molar-refractivity contribution in [3.05, 3.63) is 47.9 Å². The first kappa shape index (κ1) is 19.5. The van der Waals surface area contributed by atoms with Gasteiger partial charge in [-0.15, -0.1) is 10.2 Å². The zero-order valence-corrected chi connectivity index (χ0v) is 15.8. The Kier molecular flexibility index (Phi) is 6.72. The average molecular weight is 384 g/mol. The van der Waals surface area contributed by atoms with Crippen LogP contribution in [0.25, 0.3) is 0 Å². The van der Waals surface area contributed by atoms with E-state index in [0.29, 0.717) is 32.1 Å². The second kappa shape index (κ2) is 9.63. The van der Waals surface area contributed by atoms with Crippen molar-refractivity contribution in [3.63, 3.8) is 0 Å². The first-order valence-corrected chi connectivity index (χ1v) is 9.34. The Balaban J connectivity index is 1.45. The molecule has 0 atom stereocenters. The number of piperidine rings is 1. The summed E-state index contributed by atoms with van der Waals surface area (Å²) in [5.41, 5.74) is 1.17. The monoisotopic (exact) mass is 384 g/mol. The van der Waals surface area contributed by atoms with Crippen LogP contribution in [-0.4, -0.2) is 57.8 Å². The van der Waals surface area contributed by atoms with E-state index in [0.717, 1.165) is 18.4 Å². The van der Waals surface area contributed by atoms with Gasteiger partial charge >= 0.3 is 6.09 Å². The molecule has 0 aromatic carbocycles. The normalized spacial score (nSPS) is 14.4. The number of hydrogen-bond acceptors (Lipinski definition) is 7. The lowest BCUT2D eigenvalue weighted by atomic mass is 10.1. The first-order valence-electron chi connectivity index (χ1n) is 9.34. The third-order valence-corrected chi connectivity index (χ3v) is 4.45. The molecule has 0 aliphatic carbocycles. The van der Waals surface area contributed by atoms with Gasteiger partial charge in [-0.25, -0.2) is 4.79 Å². The van der Waals surface area contributed by atoms with Gasteiger partial charge in [-0.2, -0.15) is 0 Å². The first-order chi connectivity index (χ1) is 13.7. The van der Waals surface area contributed by atoms with E-state index in [1.54, 1.807) is 36.4 Å². The molecule has 0 unspecified atom stereocenters. The maximum absolute atomic E-state index is 12.2. The van der Waals surface area contributed by atoms with Crippen LogP contribution in [0, 0.1) is 0 Å². The summed E-state index contributed by atoms with van der Waals surface area (Å²) in [6.07, 6.45) is 4.72. The number of nitrogens with zero attached hydrogens (tertiary/aromatic N) is 4. The van der Waals surface area contributed by atoms with Crippen LogP contribution in [0.1, 0.15) is 35.8 Å². The molecule has 9 heteroatoms. The highest BCUT2D eigenvalue weighted by Gasteiger charge is 2.23. The third kappa shape index (κ3) is 5.38. The number of hydrogen-bond donors (Lipinski definition) is 2. The lowest BCUT2D eigenvalue weighted by Gasteiger charge is -2.31. The summed E-state index contributed by atoms with van der Waals surface area (Å²) < 4.78 is 5.02. The van der Waals surface area contributed by atoms with Crippen molar-refractivity contribution in [2.24, 2.45) is 0 Å². The molecule has 3 heterocycles. The zero-order chi connectivity index (χ0) is 19.8. The van der Waals surface area contributed by atoms with E-state index in [9.17, 15) is 9.59 Å². The van der Waals surface area contributed by atoms with E-state index >= 15 is 0 Å². The molecule has 9 nitrogen and oxygen atoms in total. The molecule has 1 aliphatic rings. The van der Waals surface area contributed by atoms with E-state index in [4.69, 9.17) is 4.74 Å². The summed E-state index contributed by atoms with van der Waals surface area (Å²) in [7, 11) is 0. The number of rotatable bonds is 6. The molecule has 0 spiro atoms. The van der Waals surface area contributed by atoms with Crippen molar-refractivity contribution in [1.29, 1.82) is 0 Å². The van der Waals surface area contributed by atoms with Crippen LogP contribution in [0.2, 0.25) is 0 Å². The molecule has 0 radical (unpaired) electrons. The van der Waals surface area contributed by atoms with Gasteiger partial charge in [0.2, 0.25) is 0 Å². The number of carbonyl (C=O) groups is 2. The van der Waals surface area contributed by atoms with Gasteiger partial charge in [0.05, 0.1) is 6.61 Å². The van der Waals surface area contributed by atoms with E-state index in [1.807, 2.05) is 12.1 Å². The van der Waals surface area contributed by atoms with Crippen LogP contribution in [0.3, 0.4) is 0 Å². The van der Waals surface area contributed by atoms with Crippen molar-refractivity contribution in [2.45, 2.75) is 32.4 Å². The Bertz CT molecular complexity index is 776. The van der Waals surface area contributed by atoms with Crippen molar-refractivity contribution >= 4 is 17.8 Å². The largest absolute Gasteiger partial charge is 0.450 e. The fourth-order valence-corrected chi connectivity index (χ4v) is 2.94. The number of aromatic nitrogens is 3. The Labute approximate surface area is 163 Å². The van der Waals surface area contributed by atoms with Crippen LogP contribution in [0.15, 0.2) is 36.7 Å². The van der Waals surface area contributed by atoms with E-state index < -0.39 is 0 Å². The van der Waals surface area contributed by atoms with Crippen molar-refractivity contribution < 1.29 is 14.3 Å². The quantitative estimate of drug-likeness (QED) is 0.782. The maximum atomic E-state index is 12.2. The SMILES string of the molecule is CCOC(=O)N1CCC(Nc2ccc(C(=O)NCc3cccnc3)nn2)CC1. The highest BCUT2D eigenvalue weighted by molar-refractivity contribution is 5.92. The summed E-state index contributed by atoms with van der Waals surface area (Å²) in [6, 6.07) is 7.29. The number of nitrogens with one attached hydrogen (secondary N) is 2. The molecule has 0 bridgehead atoms. The highest BCUT2D eigenvalue weighted by Crippen LogP contribution is 2.15. The molecule has 0 saturated carbocycles. The number of carbonyl (C=O) groups excluding carboxylic acids is 2. The van der Waals surface area contributed by atoms with Crippen molar-refractivity contribution in [3.8, 4) is 0 Å². The third-order valence-electron chi connectivity index (χ3n) is 4.45. The second-order valence-electron chi connectivity index (χ2n) is 6.45. The molecular formula is C19H24N6O3. The molecule has 3 rings (SSSR count). The second-order valence-corrected chi connectivity index (χ2v) is 6.45. The Morgan fingerprint density at radius 3 is 2.68 bits per heavy atom. The van der Waals surface area contributed by atoms with Gasteiger partial charge in [-0.05, 0) is 43.5 Å². The zero-order valence-electron chi connectivity index (χ0n) is 15.8. The van der Waals surface area contributed by atoms with Crippen LogP contribution in [-0.2, 0) is 11.3 Å². The minimum atomic E-state index is -0.286. The van der Waals surface area contributed by atoms with Crippen LogP contribution < -0.4 is 10.6 Å². The molecule has 2 aromatic heterocycles. The maximum Gasteiger partial charge on any atom is 0.409 e. The van der Waals surface area contributed by atoms with Gasteiger partial charge in [0.1, 0.15) is 5.82 Å². The molecule has 2 amide bonds. The van der Waals surface area contributed by atoms with Crippen LogP contribution in [0.5, 0.6) is 0 Å². The fraction of sp³-hybridized carbons (Fsp3) is 0.421. The number of anilines is 1. The summed E-state index contributed by atoms with van der Waals surface area (Å²) in [5.74, 6) is 0.323. The van der Waals surface area contributed by atoms with Gasteiger partial charge in [0, 0.05) is 38.1 Å². The molecule has 1 aliphatic heterocycles. The summed E-state index contributed by atoms with van der Waals surface area (Å²) >= 11 is 0. The van der Waals surface area contributed by atoms with Gasteiger partial charge < -0.3 is 20.3 Å². The lowest BCUT2D eigenvalue weighted by molar-refractivity contribution is 0.0944. The molecule has 148 valence electrons. The van der Waals surface area contributed by atoms with Gasteiger partial charge in [0.15, 0.2) is 5.69 Å². The number of amides is 2. The van der Waals surface area contributed by atoms with Crippen molar-refractivity contribution in [2.75, 3.05) is 25.0 Å². The Morgan fingerprint density at radius 2 is 2.04 bits per heavy atom. The minimum Gasteiger partial charge on any atom is -0.450 e. The summed E-state index contributed by atoms with van der Waals surface area (Å²) in [4.78, 5) is 29.6. The summed E-state index contributed by atoms with van der Waals surface area (Å²) in [6.45, 7) is 3.84. The molecular weight excluding hydrogens is 360 g/mol. The molecule has 2 aromatic rings. The standard InChI is InChI=1S/C19H24N6O3/c1-2-28-19(27)25-10-7-15(8-11-25)22-17-6-5-16(23-24-17)18(26)21-13-14-4-3-9-20-12-14/h3-6,9,12,15H,2,7-8,10-11,13H2,1H3,(H,21,26)(H,22,24). The smallest absolute Gasteiger partial charge is 0.409 e. The van der Waals surface area contributed by atoms with Gasteiger partial charge in [0.25, 0.3) is 5.91 Å². The Hall–Kier alpha value is -3.23.